The minimum Gasteiger partial charge on any atom is -0.471 e. The Hall–Kier alpha value is -5.28. The molecule has 0 unspecified atom stereocenters. The van der Waals surface area contributed by atoms with Gasteiger partial charge in [0.2, 0.25) is 11.5 Å². The van der Waals surface area contributed by atoms with Crippen LogP contribution in [-0.4, -0.2) is 57.5 Å². The van der Waals surface area contributed by atoms with Crippen LogP contribution in [0.3, 0.4) is 0 Å². The summed E-state index contributed by atoms with van der Waals surface area (Å²) in [7, 11) is 0. The first-order chi connectivity index (χ1) is 26.3. The van der Waals surface area contributed by atoms with Crippen molar-refractivity contribution in [2.45, 2.75) is 110 Å². The van der Waals surface area contributed by atoms with Crippen LogP contribution in [0.4, 0.5) is 28.4 Å². The topological polar surface area (TPSA) is 135 Å². The number of rotatable bonds is 8. The highest BCUT2D eigenvalue weighted by atomic mass is 19.4. The van der Waals surface area contributed by atoms with Crippen LogP contribution in [0.2, 0.25) is 0 Å². The van der Waals surface area contributed by atoms with Crippen molar-refractivity contribution in [1.29, 1.82) is 0 Å². The summed E-state index contributed by atoms with van der Waals surface area (Å²) in [5, 5.41) is 7.87. The van der Waals surface area contributed by atoms with Gasteiger partial charge in [0.1, 0.15) is 17.3 Å². The van der Waals surface area contributed by atoms with Gasteiger partial charge in [0.25, 0.3) is 11.8 Å². The van der Waals surface area contributed by atoms with Crippen molar-refractivity contribution >= 4 is 17.9 Å². The van der Waals surface area contributed by atoms with Gasteiger partial charge >= 0.3 is 18.4 Å². The van der Waals surface area contributed by atoms with Crippen LogP contribution in [0.25, 0.3) is 11.6 Å². The molecule has 0 fully saturated rings. The molecule has 2 amide bonds. The molecule has 5 rings (SSSR count). The van der Waals surface area contributed by atoms with E-state index in [2.05, 4.69) is 15.2 Å². The number of hydrogen-bond donors (Lipinski definition) is 0. The van der Waals surface area contributed by atoms with E-state index in [1.54, 1.807) is 91.0 Å². The van der Waals surface area contributed by atoms with Crippen molar-refractivity contribution in [3.05, 3.63) is 101 Å². The number of halogens is 3. The number of hydrogen-bond acceptors (Lipinski definition) is 11. The summed E-state index contributed by atoms with van der Waals surface area (Å²) >= 11 is 0. The number of imide groups is 1. The molecule has 1 aliphatic heterocycles. The van der Waals surface area contributed by atoms with E-state index in [4.69, 9.17) is 28.1 Å². The Kier molecular flexibility index (Phi) is 12.9. The lowest BCUT2D eigenvalue weighted by Gasteiger charge is -2.32. The molecular formula is C41H47F3N4O8. The highest BCUT2D eigenvalue weighted by molar-refractivity contribution is 6.11. The Morgan fingerprint density at radius 2 is 1.45 bits per heavy atom. The van der Waals surface area contributed by atoms with Gasteiger partial charge in [-0.05, 0) is 78.5 Å². The molecule has 300 valence electrons. The fourth-order valence-corrected chi connectivity index (χ4v) is 5.61. The summed E-state index contributed by atoms with van der Waals surface area (Å²) in [5.74, 6) is -1.44. The predicted molar refractivity (Wildman–Crippen MR) is 200 cm³/mol. The van der Waals surface area contributed by atoms with Crippen molar-refractivity contribution in [2.75, 3.05) is 11.5 Å². The largest absolute Gasteiger partial charge is 0.471 e. The number of carbonyl (C=O) groups is 2. The second-order valence-corrected chi connectivity index (χ2v) is 15.3. The predicted octanol–water partition coefficient (Wildman–Crippen LogP) is 9.80. The molecule has 56 heavy (non-hydrogen) atoms. The number of ether oxygens (including phenoxy) is 5. The summed E-state index contributed by atoms with van der Waals surface area (Å²) in [6, 6.07) is 19.3. The molecule has 4 bridgehead atoms. The van der Waals surface area contributed by atoms with Crippen LogP contribution < -0.4 is 9.64 Å². The molecule has 4 aromatic rings. The third-order valence-electron chi connectivity index (χ3n) is 8.22. The number of carbonyl (C=O) groups excluding carboxylic acids is 2. The van der Waals surface area contributed by atoms with Crippen LogP contribution in [0.1, 0.15) is 83.4 Å². The molecule has 0 N–H and O–H groups in total. The van der Waals surface area contributed by atoms with Gasteiger partial charge in [-0.1, -0.05) is 72.8 Å². The summed E-state index contributed by atoms with van der Waals surface area (Å²) in [5.41, 5.74) is -4.06. The van der Waals surface area contributed by atoms with Crippen LogP contribution in [0, 0.1) is 6.92 Å². The molecule has 15 heteroatoms. The zero-order chi connectivity index (χ0) is 40.7. The Bertz CT molecular complexity index is 1950. The smallest absolute Gasteiger partial charge is 0.426 e. The number of fused-ring (bicyclic) bond motifs is 5. The SMILES string of the molecule is Cc1cc(N(C(=O)OC(C)(C)C)C(=O)OC(C)(C)C)c2nc1O[C@H](COCc1ccccc1)CC=CCC[C@](OCc1ccccc1)(C(F)(F)F)c1nnc-2o1. The van der Waals surface area contributed by atoms with Crippen LogP contribution in [0.15, 0.2) is 83.3 Å². The molecule has 0 saturated heterocycles. The van der Waals surface area contributed by atoms with E-state index in [0.29, 0.717) is 16.0 Å². The fourth-order valence-electron chi connectivity index (χ4n) is 5.61. The lowest BCUT2D eigenvalue weighted by atomic mass is 9.95. The molecule has 2 atom stereocenters. The number of anilines is 1. The van der Waals surface area contributed by atoms with E-state index < -0.39 is 66.1 Å². The second kappa shape index (κ2) is 17.2. The lowest BCUT2D eigenvalue weighted by molar-refractivity contribution is -0.299. The Morgan fingerprint density at radius 3 is 2.02 bits per heavy atom. The van der Waals surface area contributed by atoms with Gasteiger partial charge < -0.3 is 28.1 Å². The van der Waals surface area contributed by atoms with Gasteiger partial charge in [0, 0.05) is 12.0 Å². The average Bonchev–Trinajstić information content (AvgIpc) is 3.59. The first kappa shape index (κ1) is 41.9. The standard InChI is InChI=1S/C41H47F3N4O8/c1-27-23-31(48(36(49)55-38(2,3)4)37(50)56-39(5,6)7)32-34-46-47-35(54-34)40(41(42,43)44,52-25-29-19-13-9-14-20-29)22-16-10-15-21-30(53-33(27)45-32)26-51-24-28-17-11-8-12-18-28/h8-15,17-20,23,30H,16,21-22,24-26H2,1-7H3/t30-,40+/m0/s1. The minimum atomic E-state index is -5.04. The maximum atomic E-state index is 15.4. The summed E-state index contributed by atoms with van der Waals surface area (Å²) in [6.07, 6.45) is -5.18. The number of benzene rings is 2. The van der Waals surface area contributed by atoms with Gasteiger partial charge in [0.05, 0.1) is 25.5 Å². The van der Waals surface area contributed by atoms with Crippen LogP contribution in [0.5, 0.6) is 5.88 Å². The van der Waals surface area contributed by atoms with Crippen LogP contribution in [-0.2, 0) is 37.8 Å². The molecule has 2 aromatic heterocycles. The third kappa shape index (κ3) is 10.7. The van der Waals surface area contributed by atoms with Gasteiger partial charge in [0.15, 0.2) is 5.69 Å². The number of aryl methyl sites for hydroxylation is 1. The fraction of sp³-hybridized carbons (Fsp3) is 0.439. The lowest BCUT2D eigenvalue weighted by Crippen LogP contribution is -2.45. The number of aromatic nitrogens is 3. The van der Waals surface area contributed by atoms with Gasteiger partial charge in [-0.15, -0.1) is 10.2 Å². The first-order valence-electron chi connectivity index (χ1n) is 18.2. The third-order valence-corrected chi connectivity index (χ3v) is 8.22. The molecule has 12 nitrogen and oxygen atoms in total. The van der Waals surface area contributed by atoms with Gasteiger partial charge in [-0.25, -0.2) is 14.6 Å². The van der Waals surface area contributed by atoms with E-state index in [1.807, 2.05) is 30.3 Å². The number of allylic oxidation sites excluding steroid dienone is 1. The Labute approximate surface area is 324 Å². The van der Waals surface area contributed by atoms with Crippen LogP contribution >= 0.6 is 0 Å². The van der Waals surface area contributed by atoms with Crippen molar-refractivity contribution in [1.82, 2.24) is 15.2 Å². The molecule has 2 aromatic carbocycles. The highest BCUT2D eigenvalue weighted by Gasteiger charge is 2.61. The summed E-state index contributed by atoms with van der Waals surface area (Å²) in [4.78, 5) is 32.9. The van der Waals surface area contributed by atoms with E-state index in [-0.39, 0.29) is 43.3 Å². The average molecular weight is 781 g/mol. The molecule has 3 heterocycles. The van der Waals surface area contributed by atoms with E-state index in [9.17, 15) is 9.59 Å². The van der Waals surface area contributed by atoms with E-state index in [0.717, 1.165) is 5.56 Å². The maximum Gasteiger partial charge on any atom is 0.426 e. The molecule has 0 saturated carbocycles. The number of pyridine rings is 1. The van der Waals surface area contributed by atoms with Gasteiger partial charge in [-0.3, -0.25) is 0 Å². The molecular weight excluding hydrogens is 733 g/mol. The monoisotopic (exact) mass is 780 g/mol. The number of amides is 2. The van der Waals surface area contributed by atoms with E-state index in [1.165, 1.54) is 6.07 Å². The normalized spacial score (nSPS) is 17.7. The quantitative estimate of drug-likeness (QED) is 0.158. The zero-order valence-corrected chi connectivity index (χ0v) is 32.5. The second-order valence-electron chi connectivity index (χ2n) is 15.3. The van der Waals surface area contributed by atoms with Crippen molar-refractivity contribution in [2.24, 2.45) is 0 Å². The molecule has 0 radical (unpaired) electrons. The molecule has 1 aliphatic rings. The van der Waals surface area contributed by atoms with E-state index >= 15 is 13.2 Å². The summed E-state index contributed by atoms with van der Waals surface area (Å²) in [6.45, 7) is 11.2. The Balaban J connectivity index is 1.67. The maximum absolute atomic E-state index is 15.4. The number of nitrogens with zero attached hydrogens (tertiary/aromatic N) is 4. The highest BCUT2D eigenvalue weighted by Crippen LogP contribution is 2.47. The van der Waals surface area contributed by atoms with Crippen molar-refractivity contribution in [3.8, 4) is 17.5 Å². The van der Waals surface area contributed by atoms with Crippen molar-refractivity contribution < 1.29 is 50.9 Å². The van der Waals surface area contributed by atoms with Crippen molar-refractivity contribution in [3.63, 3.8) is 0 Å². The molecule has 0 spiro atoms. The molecule has 0 aliphatic carbocycles. The zero-order valence-electron chi connectivity index (χ0n) is 32.5. The minimum absolute atomic E-state index is 0.0120. The first-order valence-corrected chi connectivity index (χ1v) is 18.2. The number of alkyl halides is 3. The Morgan fingerprint density at radius 1 is 0.857 bits per heavy atom. The summed E-state index contributed by atoms with van der Waals surface area (Å²) < 4.78 is 81.5. The van der Waals surface area contributed by atoms with Gasteiger partial charge in [-0.2, -0.15) is 18.1 Å².